The summed E-state index contributed by atoms with van der Waals surface area (Å²) in [6.07, 6.45) is 3.27. The molecule has 0 unspecified atom stereocenters. The van der Waals surface area contributed by atoms with Crippen LogP contribution in [0, 0.1) is 13.8 Å². The summed E-state index contributed by atoms with van der Waals surface area (Å²) >= 11 is 0. The van der Waals surface area contributed by atoms with Crippen LogP contribution < -0.4 is 0 Å². The molecule has 0 aliphatic heterocycles. The summed E-state index contributed by atoms with van der Waals surface area (Å²) in [6, 6.07) is 1.40. The summed E-state index contributed by atoms with van der Waals surface area (Å²) in [5, 5.41) is 8.89. The lowest BCUT2D eigenvalue weighted by Crippen LogP contribution is -2.05. The minimum Gasteiger partial charge on any atom is -0.477 e. The Morgan fingerprint density at radius 2 is 1.76 bits per heavy atom. The largest absolute Gasteiger partial charge is 0.477 e. The third-order valence-electron chi connectivity index (χ3n) is 2.05. The zero-order valence-corrected chi connectivity index (χ0v) is 9.38. The molecule has 0 aromatic carbocycles. The van der Waals surface area contributed by atoms with Gasteiger partial charge in [-0.2, -0.15) is 0 Å². The van der Waals surface area contributed by atoms with Crippen LogP contribution in [0.3, 0.4) is 0 Å². The van der Waals surface area contributed by atoms with E-state index in [1.54, 1.807) is 19.3 Å². The van der Waals surface area contributed by atoms with Crippen molar-refractivity contribution in [3.63, 3.8) is 0 Å². The van der Waals surface area contributed by atoms with E-state index < -0.39 is 5.97 Å². The van der Waals surface area contributed by atoms with Gasteiger partial charge in [0.15, 0.2) is 17.3 Å². The Bertz CT molecular complexity index is 566. The number of nitrogens with zero attached hydrogens (tertiary/aromatic N) is 4. The summed E-state index contributed by atoms with van der Waals surface area (Å²) in [5.41, 5.74) is 1.42. The van der Waals surface area contributed by atoms with Gasteiger partial charge >= 0.3 is 5.97 Å². The zero-order chi connectivity index (χ0) is 12.4. The highest BCUT2D eigenvalue weighted by atomic mass is 16.4. The Balaban J connectivity index is 2.51. The summed E-state index contributed by atoms with van der Waals surface area (Å²) < 4.78 is 0. The second kappa shape index (κ2) is 4.25. The second-order valence-corrected chi connectivity index (χ2v) is 3.61. The van der Waals surface area contributed by atoms with Gasteiger partial charge in [-0.25, -0.2) is 24.7 Å². The Hall–Kier alpha value is -2.37. The second-order valence-electron chi connectivity index (χ2n) is 3.61. The van der Waals surface area contributed by atoms with Crippen LogP contribution in [0.5, 0.6) is 0 Å². The van der Waals surface area contributed by atoms with Gasteiger partial charge in [-0.1, -0.05) is 0 Å². The molecule has 17 heavy (non-hydrogen) atoms. The molecular weight excluding hydrogens is 220 g/mol. The number of aryl methyl sites for hydroxylation is 2. The van der Waals surface area contributed by atoms with Crippen LogP contribution >= 0.6 is 0 Å². The maximum absolute atomic E-state index is 10.9. The number of rotatable bonds is 2. The molecule has 0 atom stereocenters. The molecule has 2 heterocycles. The highest BCUT2D eigenvalue weighted by Crippen LogP contribution is 2.11. The first-order valence-electron chi connectivity index (χ1n) is 4.94. The molecule has 1 N–H and O–H groups in total. The number of carboxylic acid groups (broad SMARTS) is 1. The molecule has 0 amide bonds. The van der Waals surface area contributed by atoms with Crippen molar-refractivity contribution in [3.05, 3.63) is 35.4 Å². The predicted molar refractivity (Wildman–Crippen MR) is 59.5 cm³/mol. The predicted octanol–water partition coefficient (Wildman–Crippen LogP) is 1.25. The fraction of sp³-hybridized carbons (Fsp3) is 0.182. The third kappa shape index (κ3) is 2.41. The van der Waals surface area contributed by atoms with Gasteiger partial charge < -0.3 is 5.11 Å². The van der Waals surface area contributed by atoms with E-state index >= 15 is 0 Å². The average Bonchev–Trinajstić information content (AvgIpc) is 2.29. The topological polar surface area (TPSA) is 88.9 Å². The van der Waals surface area contributed by atoms with Crippen LogP contribution in [0.1, 0.15) is 21.7 Å². The van der Waals surface area contributed by atoms with E-state index in [0.29, 0.717) is 11.5 Å². The summed E-state index contributed by atoms with van der Waals surface area (Å²) in [5.74, 6) is -0.548. The van der Waals surface area contributed by atoms with Crippen molar-refractivity contribution < 1.29 is 9.90 Å². The smallest absolute Gasteiger partial charge is 0.354 e. The van der Waals surface area contributed by atoms with Crippen molar-refractivity contribution >= 4 is 5.97 Å². The van der Waals surface area contributed by atoms with Crippen molar-refractivity contribution in [1.82, 2.24) is 19.9 Å². The van der Waals surface area contributed by atoms with Crippen LogP contribution in [0.4, 0.5) is 0 Å². The van der Waals surface area contributed by atoms with Crippen molar-refractivity contribution in [2.24, 2.45) is 0 Å². The molecule has 0 fully saturated rings. The molecule has 6 nitrogen and oxygen atoms in total. The van der Waals surface area contributed by atoms with Gasteiger partial charge in [-0.3, -0.25) is 0 Å². The SMILES string of the molecule is Cc1cnc(-c2nc(C)cc(C(=O)O)n2)nc1. The number of hydrogen-bond donors (Lipinski definition) is 1. The molecule has 0 aliphatic rings. The lowest BCUT2D eigenvalue weighted by atomic mass is 10.3. The van der Waals surface area contributed by atoms with Crippen LogP contribution in [-0.2, 0) is 0 Å². The van der Waals surface area contributed by atoms with Crippen LogP contribution in [-0.4, -0.2) is 31.0 Å². The van der Waals surface area contributed by atoms with E-state index in [4.69, 9.17) is 5.11 Å². The van der Waals surface area contributed by atoms with E-state index in [9.17, 15) is 4.79 Å². The fourth-order valence-corrected chi connectivity index (χ4v) is 1.29. The highest BCUT2D eigenvalue weighted by Gasteiger charge is 2.11. The van der Waals surface area contributed by atoms with E-state index in [2.05, 4.69) is 19.9 Å². The van der Waals surface area contributed by atoms with Crippen LogP contribution in [0.2, 0.25) is 0 Å². The highest BCUT2D eigenvalue weighted by molar-refractivity contribution is 5.85. The van der Waals surface area contributed by atoms with Gasteiger partial charge in [0, 0.05) is 18.1 Å². The van der Waals surface area contributed by atoms with Gasteiger partial charge in [0.05, 0.1) is 0 Å². The molecular formula is C11H10N4O2. The monoisotopic (exact) mass is 230 g/mol. The Labute approximate surface area is 97.4 Å². The molecule has 2 rings (SSSR count). The minimum atomic E-state index is -1.09. The van der Waals surface area contributed by atoms with Gasteiger partial charge in [0.25, 0.3) is 0 Å². The van der Waals surface area contributed by atoms with Crippen LogP contribution in [0.15, 0.2) is 18.5 Å². The number of aromatic carboxylic acids is 1. The van der Waals surface area contributed by atoms with Crippen LogP contribution in [0.25, 0.3) is 11.6 Å². The van der Waals surface area contributed by atoms with Gasteiger partial charge in [0.1, 0.15) is 0 Å². The zero-order valence-electron chi connectivity index (χ0n) is 9.38. The molecule has 86 valence electrons. The lowest BCUT2D eigenvalue weighted by Gasteiger charge is -2.02. The summed E-state index contributed by atoms with van der Waals surface area (Å²) in [4.78, 5) is 27.0. The molecule has 0 bridgehead atoms. The molecule has 0 saturated carbocycles. The lowest BCUT2D eigenvalue weighted by molar-refractivity contribution is 0.0690. The standard InChI is InChI=1S/C11H10N4O2/c1-6-4-12-9(13-5-6)10-14-7(2)3-8(15-10)11(16)17/h3-5H,1-2H3,(H,16,17). The number of carboxylic acids is 1. The Morgan fingerprint density at radius 1 is 1.12 bits per heavy atom. The average molecular weight is 230 g/mol. The maximum atomic E-state index is 10.9. The molecule has 6 heteroatoms. The Kier molecular flexibility index (Phi) is 2.78. The molecule has 0 radical (unpaired) electrons. The molecule has 2 aromatic rings. The van der Waals surface area contributed by atoms with E-state index in [1.165, 1.54) is 6.07 Å². The normalized spacial score (nSPS) is 10.2. The minimum absolute atomic E-state index is 0.0586. The van der Waals surface area contributed by atoms with Gasteiger partial charge in [-0.15, -0.1) is 0 Å². The molecule has 0 saturated heterocycles. The first-order valence-corrected chi connectivity index (χ1v) is 4.94. The molecule has 0 aliphatic carbocycles. The first-order chi connectivity index (χ1) is 8.06. The van der Waals surface area contributed by atoms with Crippen molar-refractivity contribution in [1.29, 1.82) is 0 Å². The van der Waals surface area contributed by atoms with Crippen molar-refractivity contribution in [3.8, 4) is 11.6 Å². The van der Waals surface area contributed by atoms with E-state index in [0.717, 1.165) is 5.56 Å². The summed E-state index contributed by atoms with van der Waals surface area (Å²) in [7, 11) is 0. The molecule has 0 spiro atoms. The number of aromatic nitrogens is 4. The maximum Gasteiger partial charge on any atom is 0.354 e. The molecule has 2 aromatic heterocycles. The fourth-order valence-electron chi connectivity index (χ4n) is 1.29. The van der Waals surface area contributed by atoms with Crippen molar-refractivity contribution in [2.45, 2.75) is 13.8 Å². The Morgan fingerprint density at radius 3 is 2.35 bits per heavy atom. The van der Waals surface area contributed by atoms with E-state index in [1.807, 2.05) is 6.92 Å². The van der Waals surface area contributed by atoms with E-state index in [-0.39, 0.29) is 11.5 Å². The quantitative estimate of drug-likeness (QED) is 0.835. The third-order valence-corrected chi connectivity index (χ3v) is 2.05. The van der Waals surface area contributed by atoms with Crippen molar-refractivity contribution in [2.75, 3.05) is 0 Å². The van der Waals surface area contributed by atoms with Gasteiger partial charge in [-0.05, 0) is 25.5 Å². The number of carbonyl (C=O) groups is 1. The first kappa shape index (κ1) is 11.1. The number of hydrogen-bond acceptors (Lipinski definition) is 5. The van der Waals surface area contributed by atoms with Gasteiger partial charge in [0.2, 0.25) is 0 Å². The summed E-state index contributed by atoms with van der Waals surface area (Å²) in [6.45, 7) is 3.56.